The maximum atomic E-state index is 12.3. The molecule has 17 heavy (non-hydrogen) atoms. The summed E-state index contributed by atoms with van der Waals surface area (Å²) in [5.41, 5.74) is -0.847. The van der Waals surface area contributed by atoms with Gasteiger partial charge in [0.1, 0.15) is 0 Å². The highest BCUT2D eigenvalue weighted by Gasteiger charge is 2.43. The second-order valence-electron chi connectivity index (χ2n) is 4.06. The molecule has 0 fully saturated rings. The van der Waals surface area contributed by atoms with E-state index in [1.807, 2.05) is 13.8 Å². The number of amides is 1. The van der Waals surface area contributed by atoms with Crippen molar-refractivity contribution in [3.63, 3.8) is 0 Å². The Kier molecular flexibility index (Phi) is 2.95. The highest BCUT2D eigenvalue weighted by atomic mass is 35.5. The van der Waals surface area contributed by atoms with E-state index in [4.69, 9.17) is 16.3 Å². The summed E-state index contributed by atoms with van der Waals surface area (Å²) >= 11 is 5.74. The van der Waals surface area contributed by atoms with Gasteiger partial charge in [-0.05, 0) is 31.9 Å². The van der Waals surface area contributed by atoms with Crippen molar-refractivity contribution < 1.29 is 9.53 Å². The van der Waals surface area contributed by atoms with E-state index < -0.39 is 5.60 Å². The van der Waals surface area contributed by atoms with Crippen molar-refractivity contribution in [1.29, 1.82) is 0 Å². The van der Waals surface area contributed by atoms with E-state index in [0.29, 0.717) is 24.5 Å². The van der Waals surface area contributed by atoms with Crippen molar-refractivity contribution in [2.75, 3.05) is 11.4 Å². The van der Waals surface area contributed by atoms with E-state index in [0.717, 1.165) is 0 Å². The van der Waals surface area contributed by atoms with Crippen molar-refractivity contribution in [3.05, 3.63) is 11.5 Å². The smallest absolute Gasteiger partial charge is 0.272 e. The molecule has 1 aromatic heterocycles. The molecule has 1 unspecified atom stereocenters. The molecule has 0 saturated heterocycles. The van der Waals surface area contributed by atoms with Crippen LogP contribution in [0.25, 0.3) is 0 Å². The number of fused-ring (bicyclic) bond motifs is 1. The number of anilines is 1. The first-order valence-corrected chi connectivity index (χ1v) is 5.93. The van der Waals surface area contributed by atoms with Gasteiger partial charge in [0, 0.05) is 6.54 Å². The van der Waals surface area contributed by atoms with Crippen molar-refractivity contribution >= 4 is 23.3 Å². The molecule has 0 N–H and O–H groups in total. The summed E-state index contributed by atoms with van der Waals surface area (Å²) < 4.78 is 5.69. The quantitative estimate of drug-likeness (QED) is 0.759. The fourth-order valence-corrected chi connectivity index (χ4v) is 1.92. The van der Waals surface area contributed by atoms with Gasteiger partial charge in [-0.1, -0.05) is 6.92 Å². The van der Waals surface area contributed by atoms with E-state index in [1.165, 1.54) is 6.20 Å². The van der Waals surface area contributed by atoms with Crippen LogP contribution >= 0.6 is 11.6 Å². The third kappa shape index (κ3) is 1.84. The Morgan fingerprint density at radius 1 is 1.53 bits per heavy atom. The Labute approximate surface area is 105 Å². The molecule has 2 rings (SSSR count). The lowest BCUT2D eigenvalue weighted by Crippen LogP contribution is -2.54. The van der Waals surface area contributed by atoms with Crippen LogP contribution in [-0.2, 0) is 4.79 Å². The lowest BCUT2D eigenvalue weighted by atomic mass is 9.99. The van der Waals surface area contributed by atoms with E-state index >= 15 is 0 Å². The highest BCUT2D eigenvalue weighted by Crippen LogP contribution is 2.37. The Balaban J connectivity index is 2.54. The number of aromatic nitrogens is 2. The molecule has 0 spiro atoms. The Hall–Kier alpha value is -1.36. The summed E-state index contributed by atoms with van der Waals surface area (Å²) in [4.78, 5) is 21.8. The zero-order valence-corrected chi connectivity index (χ0v) is 10.8. The summed E-state index contributed by atoms with van der Waals surface area (Å²) in [6, 6.07) is 0. The first-order valence-electron chi connectivity index (χ1n) is 5.55. The largest absolute Gasteiger partial charge is 0.472 e. The van der Waals surface area contributed by atoms with Crippen LogP contribution in [0.4, 0.5) is 5.82 Å². The van der Waals surface area contributed by atoms with Crippen LogP contribution in [-0.4, -0.2) is 28.0 Å². The monoisotopic (exact) mass is 255 g/mol. The number of ether oxygens (including phenoxy) is 1. The molecule has 1 aromatic rings. The van der Waals surface area contributed by atoms with Crippen LogP contribution in [0.2, 0.25) is 5.28 Å². The predicted molar refractivity (Wildman–Crippen MR) is 64.4 cm³/mol. The molecule has 92 valence electrons. The minimum absolute atomic E-state index is 0.0928. The van der Waals surface area contributed by atoms with Gasteiger partial charge >= 0.3 is 0 Å². The Morgan fingerprint density at radius 3 is 2.82 bits per heavy atom. The maximum absolute atomic E-state index is 12.3. The van der Waals surface area contributed by atoms with Crippen LogP contribution < -0.4 is 9.64 Å². The normalized spacial score (nSPS) is 23.3. The first kappa shape index (κ1) is 12.1. The van der Waals surface area contributed by atoms with Gasteiger partial charge in [-0.2, -0.15) is 4.98 Å². The fourth-order valence-electron chi connectivity index (χ4n) is 1.79. The topological polar surface area (TPSA) is 55.3 Å². The first-order chi connectivity index (χ1) is 8.01. The molecule has 0 bridgehead atoms. The SMILES string of the molecule is CCN1C(=O)C(C)(CC)Oc2cnc(Cl)nc21. The van der Waals surface area contributed by atoms with Crippen molar-refractivity contribution in [3.8, 4) is 5.75 Å². The van der Waals surface area contributed by atoms with Gasteiger partial charge in [0.25, 0.3) is 5.91 Å². The van der Waals surface area contributed by atoms with Crippen molar-refractivity contribution in [2.45, 2.75) is 32.8 Å². The number of halogens is 1. The minimum Gasteiger partial charge on any atom is -0.472 e. The van der Waals surface area contributed by atoms with E-state index in [2.05, 4.69) is 9.97 Å². The molecule has 5 nitrogen and oxygen atoms in total. The molecule has 6 heteroatoms. The lowest BCUT2D eigenvalue weighted by Gasteiger charge is -2.38. The van der Waals surface area contributed by atoms with Crippen LogP contribution in [0.15, 0.2) is 6.20 Å². The molecule has 1 aliphatic heterocycles. The summed E-state index contributed by atoms with van der Waals surface area (Å²) in [6.07, 6.45) is 2.10. The number of nitrogens with zero attached hydrogens (tertiary/aromatic N) is 3. The van der Waals surface area contributed by atoms with Crippen LogP contribution in [0.3, 0.4) is 0 Å². The third-order valence-electron chi connectivity index (χ3n) is 2.99. The molecule has 0 saturated carbocycles. The number of carbonyl (C=O) groups excluding carboxylic acids is 1. The number of likely N-dealkylation sites (N-methyl/N-ethyl adjacent to an activating group) is 1. The molecule has 1 amide bonds. The van der Waals surface area contributed by atoms with Gasteiger partial charge in [0.15, 0.2) is 17.2 Å². The van der Waals surface area contributed by atoms with Crippen LogP contribution in [0, 0.1) is 0 Å². The highest BCUT2D eigenvalue weighted by molar-refractivity contribution is 6.28. The number of hydrogen-bond acceptors (Lipinski definition) is 4. The molecule has 0 aliphatic carbocycles. The van der Waals surface area contributed by atoms with Gasteiger partial charge in [0.2, 0.25) is 5.28 Å². The average Bonchev–Trinajstić information content (AvgIpc) is 2.32. The van der Waals surface area contributed by atoms with E-state index in [1.54, 1.807) is 11.8 Å². The summed E-state index contributed by atoms with van der Waals surface area (Å²) in [5.74, 6) is 0.855. The zero-order valence-electron chi connectivity index (χ0n) is 10.0. The Morgan fingerprint density at radius 2 is 2.24 bits per heavy atom. The van der Waals surface area contributed by atoms with E-state index in [9.17, 15) is 4.79 Å². The second kappa shape index (κ2) is 4.14. The minimum atomic E-state index is -0.847. The fraction of sp³-hybridized carbons (Fsp3) is 0.545. The van der Waals surface area contributed by atoms with Gasteiger partial charge in [-0.25, -0.2) is 4.98 Å². The van der Waals surface area contributed by atoms with Gasteiger partial charge in [-0.15, -0.1) is 0 Å². The number of hydrogen-bond donors (Lipinski definition) is 0. The summed E-state index contributed by atoms with van der Waals surface area (Å²) in [6.45, 7) is 6.10. The van der Waals surface area contributed by atoms with Crippen LogP contribution in [0.1, 0.15) is 27.2 Å². The van der Waals surface area contributed by atoms with Gasteiger partial charge < -0.3 is 4.74 Å². The molecule has 1 aliphatic rings. The zero-order chi connectivity index (χ0) is 12.6. The van der Waals surface area contributed by atoms with Crippen molar-refractivity contribution in [1.82, 2.24) is 9.97 Å². The molecular weight excluding hydrogens is 242 g/mol. The second-order valence-corrected chi connectivity index (χ2v) is 4.40. The molecule has 2 heterocycles. The lowest BCUT2D eigenvalue weighted by molar-refractivity contribution is -0.134. The Bertz CT molecular complexity index is 466. The molecule has 0 aromatic carbocycles. The molecule has 1 atom stereocenters. The van der Waals surface area contributed by atoms with Crippen LogP contribution in [0.5, 0.6) is 5.75 Å². The number of rotatable bonds is 2. The van der Waals surface area contributed by atoms with Crippen molar-refractivity contribution in [2.24, 2.45) is 0 Å². The summed E-state index contributed by atoms with van der Waals surface area (Å²) in [5, 5.41) is 0.110. The third-order valence-corrected chi connectivity index (χ3v) is 3.17. The maximum Gasteiger partial charge on any atom is 0.272 e. The van der Waals surface area contributed by atoms with Gasteiger partial charge in [-0.3, -0.25) is 9.69 Å². The average molecular weight is 256 g/mol. The van der Waals surface area contributed by atoms with Gasteiger partial charge in [0.05, 0.1) is 6.20 Å². The predicted octanol–water partition coefficient (Wildman–Crippen LogP) is 2.04. The number of carbonyl (C=O) groups is 1. The summed E-state index contributed by atoms with van der Waals surface area (Å²) in [7, 11) is 0. The molecule has 0 radical (unpaired) electrons. The van der Waals surface area contributed by atoms with E-state index in [-0.39, 0.29) is 11.2 Å². The molecular formula is C11H14ClN3O2. The standard InChI is InChI=1S/C11H14ClN3O2/c1-4-11(3)9(16)15(5-2)8-7(17-11)6-13-10(12)14-8/h6H,4-5H2,1-3H3.